The number of pyridine rings is 1. The fourth-order valence-electron chi connectivity index (χ4n) is 5.78. The lowest BCUT2D eigenvalue weighted by Crippen LogP contribution is -2.50. The van der Waals surface area contributed by atoms with Crippen LogP contribution in [-0.2, 0) is 11.3 Å². The monoisotopic (exact) mass is 430 g/mol. The Labute approximate surface area is 190 Å². The number of carbonyl (C=O) groups is 1. The van der Waals surface area contributed by atoms with Crippen molar-refractivity contribution in [3.63, 3.8) is 0 Å². The first-order chi connectivity index (χ1) is 15.7. The lowest BCUT2D eigenvalue weighted by Gasteiger charge is -2.42. The standard InChI is InChI=1S/C27H34N4O/c1-20-11-10-18-28-26(20)27-29-23-16-8-9-17-24(23)30(27)19-25(32)31(21-12-4-2-5-13-21)22-14-6-3-7-15-22/h8-11,16-18,21-22H,2-7,12-15,19H2,1H3. The second-order valence-electron chi connectivity index (χ2n) is 9.56. The molecule has 0 N–H and O–H groups in total. The molecular formula is C27H34N4O. The topological polar surface area (TPSA) is 51.0 Å². The van der Waals surface area contributed by atoms with Crippen LogP contribution in [0.3, 0.4) is 0 Å². The second-order valence-corrected chi connectivity index (χ2v) is 9.56. The molecule has 1 amide bonds. The summed E-state index contributed by atoms with van der Waals surface area (Å²) >= 11 is 0. The maximum Gasteiger partial charge on any atom is 0.243 e. The van der Waals surface area contributed by atoms with E-state index in [4.69, 9.17) is 4.98 Å². The quantitative estimate of drug-likeness (QED) is 0.506. The van der Waals surface area contributed by atoms with Crippen molar-refractivity contribution in [3.05, 3.63) is 48.2 Å². The summed E-state index contributed by atoms with van der Waals surface area (Å²) in [4.78, 5) is 25.8. The zero-order valence-electron chi connectivity index (χ0n) is 19.2. The number of nitrogens with zero attached hydrogens (tertiary/aromatic N) is 4. The Morgan fingerprint density at radius 1 is 0.938 bits per heavy atom. The minimum Gasteiger partial charge on any atom is -0.335 e. The summed E-state index contributed by atoms with van der Waals surface area (Å²) in [6, 6.07) is 12.9. The first kappa shape index (κ1) is 21.2. The Morgan fingerprint density at radius 3 is 2.25 bits per heavy atom. The number of hydrogen-bond acceptors (Lipinski definition) is 3. The molecule has 5 heteroatoms. The average molecular weight is 431 g/mol. The molecule has 0 aliphatic heterocycles. The maximum absolute atomic E-state index is 14.0. The van der Waals surface area contributed by atoms with Crippen molar-refractivity contribution >= 4 is 16.9 Å². The minimum atomic E-state index is 0.252. The normalized spacial score (nSPS) is 18.2. The van der Waals surface area contributed by atoms with Crippen molar-refractivity contribution in [1.82, 2.24) is 19.4 Å². The van der Waals surface area contributed by atoms with Crippen molar-refractivity contribution in [3.8, 4) is 11.5 Å². The van der Waals surface area contributed by atoms with E-state index in [2.05, 4.69) is 33.5 Å². The third-order valence-corrected chi connectivity index (χ3v) is 7.39. The molecule has 0 unspecified atom stereocenters. The van der Waals surface area contributed by atoms with Crippen molar-refractivity contribution in [2.45, 2.75) is 89.8 Å². The fourth-order valence-corrected chi connectivity index (χ4v) is 5.78. The third kappa shape index (κ3) is 4.17. The molecule has 1 aromatic carbocycles. The summed E-state index contributed by atoms with van der Waals surface area (Å²) in [6.07, 6.45) is 14.0. The van der Waals surface area contributed by atoms with Crippen molar-refractivity contribution in [2.75, 3.05) is 0 Å². The Bertz CT molecular complexity index is 1060. The van der Waals surface area contributed by atoms with Crippen LogP contribution in [0.4, 0.5) is 0 Å². The highest BCUT2D eigenvalue weighted by Gasteiger charge is 2.33. The molecule has 2 aliphatic carbocycles. The van der Waals surface area contributed by atoms with E-state index in [0.29, 0.717) is 18.6 Å². The van der Waals surface area contributed by atoms with Gasteiger partial charge in [0.15, 0.2) is 5.82 Å². The average Bonchev–Trinajstić information content (AvgIpc) is 3.19. The molecule has 5 nitrogen and oxygen atoms in total. The summed E-state index contributed by atoms with van der Waals surface area (Å²) in [5, 5.41) is 0. The van der Waals surface area contributed by atoms with E-state index in [1.807, 2.05) is 30.5 Å². The smallest absolute Gasteiger partial charge is 0.243 e. The van der Waals surface area contributed by atoms with E-state index < -0.39 is 0 Å². The molecule has 0 bridgehead atoms. The summed E-state index contributed by atoms with van der Waals surface area (Å²) in [5.41, 5.74) is 3.86. The van der Waals surface area contributed by atoms with Crippen LogP contribution in [0.15, 0.2) is 42.6 Å². The molecule has 0 saturated heterocycles. The van der Waals surface area contributed by atoms with Gasteiger partial charge in [-0.3, -0.25) is 9.78 Å². The minimum absolute atomic E-state index is 0.252. The number of para-hydroxylation sites is 2. The highest BCUT2D eigenvalue weighted by atomic mass is 16.2. The zero-order chi connectivity index (χ0) is 21.9. The van der Waals surface area contributed by atoms with E-state index in [1.54, 1.807) is 0 Å². The molecule has 2 saturated carbocycles. The van der Waals surface area contributed by atoms with E-state index in [-0.39, 0.29) is 5.91 Å². The number of amides is 1. The van der Waals surface area contributed by atoms with E-state index in [0.717, 1.165) is 53.8 Å². The molecule has 3 aromatic rings. The highest BCUT2D eigenvalue weighted by Crippen LogP contribution is 2.32. The van der Waals surface area contributed by atoms with Gasteiger partial charge in [0.2, 0.25) is 5.91 Å². The third-order valence-electron chi connectivity index (χ3n) is 7.39. The van der Waals surface area contributed by atoms with Crippen LogP contribution in [0.5, 0.6) is 0 Å². The summed E-state index contributed by atoms with van der Waals surface area (Å²) in [7, 11) is 0. The van der Waals surface area contributed by atoms with Crippen LogP contribution in [0.2, 0.25) is 0 Å². The number of fused-ring (bicyclic) bond motifs is 1. The SMILES string of the molecule is Cc1cccnc1-c1nc2ccccc2n1CC(=O)N(C1CCCCC1)C1CCCCC1. The molecular weight excluding hydrogens is 396 g/mol. The highest BCUT2D eigenvalue weighted by molar-refractivity contribution is 5.84. The molecule has 2 aromatic heterocycles. The van der Waals surface area contributed by atoms with Gasteiger partial charge in [0.1, 0.15) is 12.2 Å². The Hall–Kier alpha value is -2.69. The van der Waals surface area contributed by atoms with Crippen LogP contribution in [0.25, 0.3) is 22.6 Å². The molecule has 0 spiro atoms. The summed E-state index contributed by atoms with van der Waals surface area (Å²) in [5.74, 6) is 1.05. The number of carbonyl (C=O) groups excluding carboxylic acids is 1. The van der Waals surface area contributed by atoms with Gasteiger partial charge >= 0.3 is 0 Å². The first-order valence-corrected chi connectivity index (χ1v) is 12.4. The van der Waals surface area contributed by atoms with Gasteiger partial charge in [0.05, 0.1) is 11.0 Å². The van der Waals surface area contributed by atoms with Gasteiger partial charge in [-0.05, 0) is 56.4 Å². The predicted molar refractivity (Wildman–Crippen MR) is 128 cm³/mol. The van der Waals surface area contributed by atoms with Gasteiger partial charge in [-0.2, -0.15) is 0 Å². The molecule has 0 radical (unpaired) electrons. The molecule has 32 heavy (non-hydrogen) atoms. The lowest BCUT2D eigenvalue weighted by atomic mass is 9.88. The van der Waals surface area contributed by atoms with Crippen molar-refractivity contribution in [1.29, 1.82) is 0 Å². The number of aromatic nitrogens is 3. The maximum atomic E-state index is 14.0. The predicted octanol–water partition coefficient (Wildman–Crippen LogP) is 5.90. The molecule has 2 heterocycles. The molecule has 0 atom stereocenters. The number of hydrogen-bond donors (Lipinski definition) is 0. The Morgan fingerprint density at radius 2 is 1.59 bits per heavy atom. The first-order valence-electron chi connectivity index (χ1n) is 12.4. The largest absolute Gasteiger partial charge is 0.335 e. The number of imidazole rings is 1. The lowest BCUT2D eigenvalue weighted by molar-refractivity contribution is -0.138. The summed E-state index contributed by atoms with van der Waals surface area (Å²) in [6.45, 7) is 2.39. The van der Waals surface area contributed by atoms with E-state index >= 15 is 0 Å². The van der Waals surface area contributed by atoms with Crippen molar-refractivity contribution < 1.29 is 4.79 Å². The van der Waals surface area contributed by atoms with Gasteiger partial charge in [0.25, 0.3) is 0 Å². The van der Waals surface area contributed by atoms with Crippen LogP contribution in [-0.4, -0.2) is 37.4 Å². The van der Waals surface area contributed by atoms with Gasteiger partial charge in [-0.25, -0.2) is 4.98 Å². The number of aryl methyl sites for hydroxylation is 1. The zero-order valence-corrected chi connectivity index (χ0v) is 19.2. The fraction of sp³-hybridized carbons (Fsp3) is 0.519. The van der Waals surface area contributed by atoms with Crippen LogP contribution < -0.4 is 0 Å². The number of benzene rings is 1. The Kier molecular flexibility index (Phi) is 6.24. The molecule has 168 valence electrons. The van der Waals surface area contributed by atoms with Crippen LogP contribution in [0.1, 0.15) is 69.8 Å². The second kappa shape index (κ2) is 9.43. The summed E-state index contributed by atoms with van der Waals surface area (Å²) < 4.78 is 2.10. The Balaban J connectivity index is 1.52. The molecule has 2 fully saturated rings. The molecule has 2 aliphatic rings. The van der Waals surface area contributed by atoms with Gasteiger partial charge in [-0.1, -0.05) is 56.7 Å². The van der Waals surface area contributed by atoms with Gasteiger partial charge < -0.3 is 9.47 Å². The van der Waals surface area contributed by atoms with E-state index in [9.17, 15) is 4.79 Å². The van der Waals surface area contributed by atoms with Crippen LogP contribution in [0, 0.1) is 6.92 Å². The van der Waals surface area contributed by atoms with Gasteiger partial charge in [-0.15, -0.1) is 0 Å². The number of rotatable bonds is 5. The van der Waals surface area contributed by atoms with E-state index in [1.165, 1.54) is 38.5 Å². The van der Waals surface area contributed by atoms with Crippen molar-refractivity contribution in [2.24, 2.45) is 0 Å². The van der Waals surface area contributed by atoms with Crippen LogP contribution >= 0.6 is 0 Å². The molecule has 5 rings (SSSR count). The van der Waals surface area contributed by atoms with Gasteiger partial charge in [0, 0.05) is 18.3 Å².